The molecule has 2 heterocycles. The van der Waals surface area contributed by atoms with E-state index in [-0.39, 0.29) is 23.5 Å². The average molecular weight is 678 g/mol. The van der Waals surface area contributed by atoms with Gasteiger partial charge in [-0.1, -0.05) is 53.8 Å². The van der Waals surface area contributed by atoms with E-state index in [9.17, 15) is 14.4 Å². The van der Waals surface area contributed by atoms with Gasteiger partial charge in [0, 0.05) is 12.5 Å². The van der Waals surface area contributed by atoms with Gasteiger partial charge in [-0.2, -0.15) is 0 Å². The normalized spacial score (nSPS) is 14.5. The van der Waals surface area contributed by atoms with E-state index in [1.165, 1.54) is 22.8 Å². The first kappa shape index (κ1) is 31.0. The molecule has 0 fully saturated rings. The molecule has 0 saturated carbocycles. The van der Waals surface area contributed by atoms with Crippen LogP contribution in [0, 0.1) is 0 Å². The predicted octanol–water partition coefficient (Wildman–Crippen LogP) is 5.03. The van der Waals surface area contributed by atoms with Gasteiger partial charge in [0.05, 0.1) is 46.6 Å². The number of hydrogen-bond acceptors (Lipinski definition) is 9. The molecule has 3 aromatic carbocycles. The van der Waals surface area contributed by atoms with Gasteiger partial charge in [-0.15, -0.1) is 0 Å². The van der Waals surface area contributed by atoms with Crippen LogP contribution in [0.1, 0.15) is 43.5 Å². The standard InChI is InChI=1S/C33H29BrN2O7S/c1-5-41-25-17-20(16-24(34)30(25)43-19(3)37)18-26-31(38)36-29(22-12-14-23(40-4)15-13-22)27(32(39)42-6-2)28(35-33(36)44-26)21-10-8-7-9-11-21/h7-18,29H,5-6H2,1-4H3/b26-18-/t29-/m0/s1. The molecule has 0 bridgehead atoms. The zero-order valence-electron chi connectivity index (χ0n) is 24.5. The van der Waals surface area contributed by atoms with E-state index in [0.29, 0.717) is 48.7 Å². The number of thiazole rings is 1. The van der Waals surface area contributed by atoms with Crippen molar-refractivity contribution in [2.24, 2.45) is 4.99 Å². The van der Waals surface area contributed by atoms with E-state index in [1.807, 2.05) is 49.4 Å². The minimum atomic E-state index is -0.814. The SMILES string of the molecule is CCOC(=O)C1=C(c2ccccc2)N=c2s/c(=C\c3cc(Br)c(OC(C)=O)c(OCC)c3)c(=O)n2[C@H]1c1ccc(OC)cc1. The van der Waals surface area contributed by atoms with Gasteiger partial charge >= 0.3 is 11.9 Å². The zero-order valence-corrected chi connectivity index (χ0v) is 26.9. The van der Waals surface area contributed by atoms with Gasteiger partial charge in [-0.25, -0.2) is 9.79 Å². The molecule has 0 saturated heterocycles. The molecule has 1 aliphatic heterocycles. The Morgan fingerprint density at radius 1 is 1.05 bits per heavy atom. The summed E-state index contributed by atoms with van der Waals surface area (Å²) in [6.45, 7) is 5.36. The quantitative estimate of drug-likeness (QED) is 0.181. The van der Waals surface area contributed by atoms with Crippen molar-refractivity contribution in [3.05, 3.63) is 113 Å². The number of benzene rings is 3. The maximum atomic E-state index is 14.2. The van der Waals surface area contributed by atoms with E-state index < -0.39 is 18.0 Å². The first-order chi connectivity index (χ1) is 21.2. The Hall–Kier alpha value is -4.48. The van der Waals surface area contributed by atoms with Gasteiger partial charge in [0.25, 0.3) is 5.56 Å². The number of fused-ring (bicyclic) bond motifs is 1. The van der Waals surface area contributed by atoms with Crippen molar-refractivity contribution in [3.8, 4) is 17.2 Å². The number of nitrogens with zero attached hydrogens (tertiary/aromatic N) is 2. The molecule has 9 nitrogen and oxygen atoms in total. The van der Waals surface area contributed by atoms with Crippen LogP contribution in [0.5, 0.6) is 17.2 Å². The van der Waals surface area contributed by atoms with Gasteiger partial charge in [0.1, 0.15) is 5.75 Å². The number of carbonyl (C=O) groups is 2. The van der Waals surface area contributed by atoms with Crippen LogP contribution < -0.4 is 29.1 Å². The van der Waals surface area contributed by atoms with E-state index >= 15 is 0 Å². The fourth-order valence-corrected chi connectivity index (χ4v) is 6.41. The Morgan fingerprint density at radius 3 is 2.41 bits per heavy atom. The molecule has 0 N–H and O–H groups in total. The minimum absolute atomic E-state index is 0.157. The van der Waals surface area contributed by atoms with Crippen LogP contribution >= 0.6 is 27.3 Å². The van der Waals surface area contributed by atoms with Gasteiger partial charge in [-0.05, 0) is 71.2 Å². The minimum Gasteiger partial charge on any atom is -0.497 e. The van der Waals surface area contributed by atoms with Crippen LogP contribution in [0.15, 0.2) is 86.6 Å². The van der Waals surface area contributed by atoms with Gasteiger partial charge in [0.2, 0.25) is 0 Å². The molecule has 1 aliphatic rings. The van der Waals surface area contributed by atoms with E-state index in [1.54, 1.807) is 44.4 Å². The second kappa shape index (κ2) is 13.4. The van der Waals surface area contributed by atoms with Gasteiger partial charge in [-0.3, -0.25) is 14.2 Å². The number of halogens is 1. The van der Waals surface area contributed by atoms with E-state index in [4.69, 9.17) is 23.9 Å². The first-order valence-electron chi connectivity index (χ1n) is 13.8. The summed E-state index contributed by atoms with van der Waals surface area (Å²) in [6.07, 6.45) is 1.72. The highest BCUT2D eigenvalue weighted by molar-refractivity contribution is 9.10. The third-order valence-corrected chi connectivity index (χ3v) is 8.25. The number of methoxy groups -OCH3 is 1. The second-order valence-electron chi connectivity index (χ2n) is 9.56. The molecule has 1 atom stereocenters. The third kappa shape index (κ3) is 6.24. The van der Waals surface area contributed by atoms with Crippen molar-refractivity contribution in [1.82, 2.24) is 4.57 Å². The number of aromatic nitrogens is 1. The summed E-state index contributed by atoms with van der Waals surface area (Å²) in [4.78, 5) is 44.8. The molecule has 0 aliphatic carbocycles. The lowest BCUT2D eigenvalue weighted by Gasteiger charge is -2.26. The van der Waals surface area contributed by atoms with Gasteiger partial charge < -0.3 is 18.9 Å². The van der Waals surface area contributed by atoms with Crippen molar-refractivity contribution in [3.63, 3.8) is 0 Å². The number of ether oxygens (including phenoxy) is 4. The summed E-state index contributed by atoms with van der Waals surface area (Å²) in [6, 6.07) is 19.2. The molecular formula is C33H29BrN2O7S. The Morgan fingerprint density at radius 2 is 1.77 bits per heavy atom. The monoisotopic (exact) mass is 676 g/mol. The zero-order chi connectivity index (χ0) is 31.4. The summed E-state index contributed by atoms with van der Waals surface area (Å²) in [5.74, 6) is 0.195. The fourth-order valence-electron chi connectivity index (χ4n) is 4.87. The lowest BCUT2D eigenvalue weighted by molar-refractivity contribution is -0.139. The molecule has 226 valence electrons. The van der Waals surface area contributed by atoms with Crippen LogP contribution in [0.3, 0.4) is 0 Å². The Bertz CT molecular complexity index is 1930. The average Bonchev–Trinajstić information content (AvgIpc) is 3.32. The molecule has 11 heteroatoms. The van der Waals surface area contributed by atoms with Crippen molar-refractivity contribution in [2.75, 3.05) is 20.3 Å². The van der Waals surface area contributed by atoms with Crippen molar-refractivity contribution < 1.29 is 28.5 Å². The second-order valence-corrected chi connectivity index (χ2v) is 11.4. The molecule has 44 heavy (non-hydrogen) atoms. The molecule has 0 radical (unpaired) electrons. The van der Waals surface area contributed by atoms with Crippen LogP contribution in [0.2, 0.25) is 0 Å². The summed E-state index contributed by atoms with van der Waals surface area (Å²) < 4.78 is 24.4. The fraction of sp³-hybridized carbons (Fsp3) is 0.212. The largest absolute Gasteiger partial charge is 0.497 e. The molecule has 1 aromatic heterocycles. The number of esters is 2. The topological polar surface area (TPSA) is 105 Å². The summed E-state index contributed by atoms with van der Waals surface area (Å²) in [7, 11) is 1.57. The van der Waals surface area contributed by atoms with E-state index in [2.05, 4.69) is 15.9 Å². The highest BCUT2D eigenvalue weighted by atomic mass is 79.9. The Kier molecular flexibility index (Phi) is 9.46. The predicted molar refractivity (Wildman–Crippen MR) is 171 cm³/mol. The first-order valence-corrected chi connectivity index (χ1v) is 15.4. The Labute approximate surface area is 265 Å². The molecule has 0 unspecified atom stereocenters. The lowest BCUT2D eigenvalue weighted by Crippen LogP contribution is -2.40. The van der Waals surface area contributed by atoms with Crippen LogP contribution in [-0.2, 0) is 14.3 Å². The van der Waals surface area contributed by atoms with Crippen molar-refractivity contribution in [2.45, 2.75) is 26.8 Å². The third-order valence-electron chi connectivity index (χ3n) is 6.68. The number of hydrogen-bond donors (Lipinski definition) is 0. The summed E-state index contributed by atoms with van der Waals surface area (Å²) in [5, 5.41) is 0. The number of rotatable bonds is 9. The lowest BCUT2D eigenvalue weighted by atomic mass is 9.93. The molecule has 0 spiro atoms. The summed E-state index contributed by atoms with van der Waals surface area (Å²) in [5.41, 5.74) is 2.41. The van der Waals surface area contributed by atoms with Crippen LogP contribution in [0.25, 0.3) is 11.8 Å². The maximum Gasteiger partial charge on any atom is 0.338 e. The summed E-state index contributed by atoms with van der Waals surface area (Å²) >= 11 is 4.67. The van der Waals surface area contributed by atoms with Crippen molar-refractivity contribution >= 4 is 51.0 Å². The molecule has 0 amide bonds. The molecular weight excluding hydrogens is 648 g/mol. The molecule has 5 rings (SSSR count). The van der Waals surface area contributed by atoms with Crippen LogP contribution in [-0.4, -0.2) is 36.8 Å². The van der Waals surface area contributed by atoms with Gasteiger partial charge in [0.15, 0.2) is 16.3 Å². The maximum absolute atomic E-state index is 14.2. The molecule has 4 aromatic rings. The smallest absolute Gasteiger partial charge is 0.338 e. The number of carbonyl (C=O) groups excluding carboxylic acids is 2. The van der Waals surface area contributed by atoms with Crippen LogP contribution in [0.4, 0.5) is 0 Å². The highest BCUT2D eigenvalue weighted by Crippen LogP contribution is 2.38. The van der Waals surface area contributed by atoms with Crippen molar-refractivity contribution in [1.29, 1.82) is 0 Å². The van der Waals surface area contributed by atoms with E-state index in [0.717, 1.165) is 5.56 Å². The highest BCUT2D eigenvalue weighted by Gasteiger charge is 2.35. The Balaban J connectivity index is 1.77.